The third-order valence-corrected chi connectivity index (χ3v) is 4.52. The van der Waals surface area contributed by atoms with Crippen LogP contribution in [0.25, 0.3) is 21.8 Å². The molecule has 2 heterocycles. The van der Waals surface area contributed by atoms with Crippen LogP contribution in [0.3, 0.4) is 0 Å². The lowest BCUT2D eigenvalue weighted by Crippen LogP contribution is -1.92. The van der Waals surface area contributed by atoms with Gasteiger partial charge >= 0.3 is 0 Å². The van der Waals surface area contributed by atoms with Crippen molar-refractivity contribution in [3.8, 4) is 0 Å². The number of nitrogens with zero attached hydrogens (tertiary/aromatic N) is 1. The lowest BCUT2D eigenvalue weighted by Gasteiger charge is -2.03. The van der Waals surface area contributed by atoms with Crippen molar-refractivity contribution in [1.29, 1.82) is 0 Å². The van der Waals surface area contributed by atoms with Crippen LogP contribution in [0.2, 0.25) is 0 Å². The zero-order chi connectivity index (χ0) is 15.2. The molecule has 2 heteroatoms. The summed E-state index contributed by atoms with van der Waals surface area (Å²) in [7, 11) is 0. The first kappa shape index (κ1) is 15.1. The van der Waals surface area contributed by atoms with Gasteiger partial charge in [-0.25, -0.2) is 0 Å². The maximum absolute atomic E-state index is 4.62. The van der Waals surface area contributed by atoms with Gasteiger partial charge in [-0.3, -0.25) is 4.98 Å². The number of aryl methyl sites for hydroxylation is 1. The lowest BCUT2D eigenvalue weighted by atomic mass is 10.1. The number of benzene rings is 1. The average molecular weight is 294 g/mol. The third kappa shape index (κ3) is 3.32. The second-order valence-corrected chi connectivity index (χ2v) is 6.22. The van der Waals surface area contributed by atoms with Crippen LogP contribution in [0.15, 0.2) is 36.5 Å². The van der Waals surface area contributed by atoms with Crippen LogP contribution in [0, 0.1) is 0 Å². The summed E-state index contributed by atoms with van der Waals surface area (Å²) < 4.78 is 0. The van der Waals surface area contributed by atoms with Crippen LogP contribution in [-0.2, 0) is 6.42 Å². The van der Waals surface area contributed by atoms with Gasteiger partial charge in [0.15, 0.2) is 0 Å². The first-order valence-electron chi connectivity index (χ1n) is 8.74. The molecular weight excluding hydrogens is 268 g/mol. The van der Waals surface area contributed by atoms with E-state index in [1.165, 1.54) is 72.4 Å². The molecule has 0 amide bonds. The van der Waals surface area contributed by atoms with E-state index in [4.69, 9.17) is 0 Å². The van der Waals surface area contributed by atoms with Gasteiger partial charge in [0.05, 0.1) is 11.2 Å². The van der Waals surface area contributed by atoms with Gasteiger partial charge in [-0.05, 0) is 25.0 Å². The first-order chi connectivity index (χ1) is 10.9. The Morgan fingerprint density at radius 3 is 2.50 bits per heavy atom. The predicted octanol–water partition coefficient (Wildman–Crippen LogP) is 6.01. The van der Waals surface area contributed by atoms with Crippen molar-refractivity contribution in [2.75, 3.05) is 0 Å². The van der Waals surface area contributed by atoms with Crippen molar-refractivity contribution in [3.05, 3.63) is 42.2 Å². The van der Waals surface area contributed by atoms with Crippen molar-refractivity contribution in [3.63, 3.8) is 0 Å². The molecular formula is C20H26N2. The molecule has 0 saturated heterocycles. The highest BCUT2D eigenvalue weighted by atomic mass is 14.8. The average Bonchev–Trinajstić information content (AvgIpc) is 2.93. The second kappa shape index (κ2) is 7.44. The summed E-state index contributed by atoms with van der Waals surface area (Å²) in [6.45, 7) is 2.27. The quantitative estimate of drug-likeness (QED) is 0.506. The summed E-state index contributed by atoms with van der Waals surface area (Å²) in [6.07, 6.45) is 12.5. The van der Waals surface area contributed by atoms with Gasteiger partial charge in [0.1, 0.15) is 0 Å². The Bertz CT molecular complexity index is 727. The monoisotopic (exact) mass is 294 g/mol. The van der Waals surface area contributed by atoms with Crippen LogP contribution in [-0.4, -0.2) is 9.97 Å². The highest BCUT2D eigenvalue weighted by molar-refractivity contribution is 6.07. The van der Waals surface area contributed by atoms with Crippen molar-refractivity contribution < 1.29 is 0 Å². The van der Waals surface area contributed by atoms with E-state index in [1.54, 1.807) is 0 Å². The number of pyridine rings is 1. The predicted molar refractivity (Wildman–Crippen MR) is 95.3 cm³/mol. The molecule has 0 bridgehead atoms. The van der Waals surface area contributed by atoms with Gasteiger partial charge < -0.3 is 4.98 Å². The molecule has 0 aliphatic rings. The van der Waals surface area contributed by atoms with E-state index in [0.717, 1.165) is 6.42 Å². The number of aromatic nitrogens is 2. The number of unbranched alkanes of at least 4 members (excludes halogenated alkanes) is 6. The van der Waals surface area contributed by atoms with Crippen molar-refractivity contribution in [1.82, 2.24) is 9.97 Å². The van der Waals surface area contributed by atoms with Crippen LogP contribution in [0.4, 0.5) is 0 Å². The molecule has 0 radical (unpaired) electrons. The van der Waals surface area contributed by atoms with E-state index in [-0.39, 0.29) is 0 Å². The fourth-order valence-electron chi connectivity index (χ4n) is 3.27. The largest absolute Gasteiger partial charge is 0.353 e. The molecule has 0 saturated carbocycles. The Labute approximate surface area is 133 Å². The molecule has 116 valence electrons. The Morgan fingerprint density at radius 1 is 0.864 bits per heavy atom. The maximum atomic E-state index is 4.62. The van der Waals surface area contributed by atoms with Crippen LogP contribution in [0.5, 0.6) is 0 Å². The number of hydrogen-bond donors (Lipinski definition) is 1. The fraction of sp³-hybridized carbons (Fsp3) is 0.450. The standard InChI is InChI=1S/C20H26N2/c1-2-3-4-5-6-7-8-13-19-20-17(14-15-21-19)16-11-9-10-12-18(16)22-20/h9-12,14-15,22H,2-8,13H2,1H3. The number of fused-ring (bicyclic) bond motifs is 3. The second-order valence-electron chi connectivity index (χ2n) is 6.22. The van der Waals surface area contributed by atoms with Gasteiger partial charge in [0, 0.05) is 22.5 Å². The number of hydrogen-bond acceptors (Lipinski definition) is 1. The molecule has 3 aromatic rings. The molecule has 2 nitrogen and oxygen atoms in total. The summed E-state index contributed by atoms with van der Waals surface area (Å²) in [6, 6.07) is 10.6. The van der Waals surface area contributed by atoms with E-state index in [2.05, 4.69) is 47.2 Å². The number of H-pyrrole nitrogens is 1. The van der Waals surface area contributed by atoms with Crippen LogP contribution in [0.1, 0.15) is 57.6 Å². The molecule has 0 unspecified atom stereocenters. The zero-order valence-electron chi connectivity index (χ0n) is 13.6. The Morgan fingerprint density at radius 2 is 1.64 bits per heavy atom. The molecule has 22 heavy (non-hydrogen) atoms. The van der Waals surface area contributed by atoms with Gasteiger partial charge in [-0.1, -0.05) is 63.6 Å². The molecule has 2 aromatic heterocycles. The number of aromatic amines is 1. The molecule has 0 atom stereocenters. The van der Waals surface area contributed by atoms with Gasteiger partial charge in [0.25, 0.3) is 0 Å². The Kier molecular flexibility index (Phi) is 5.10. The van der Waals surface area contributed by atoms with Gasteiger partial charge in [-0.2, -0.15) is 0 Å². The Hall–Kier alpha value is -1.83. The summed E-state index contributed by atoms with van der Waals surface area (Å²) in [4.78, 5) is 8.17. The minimum Gasteiger partial charge on any atom is -0.353 e. The summed E-state index contributed by atoms with van der Waals surface area (Å²) >= 11 is 0. The van der Waals surface area contributed by atoms with E-state index >= 15 is 0 Å². The molecule has 0 fully saturated rings. The molecule has 3 rings (SSSR count). The molecule has 1 N–H and O–H groups in total. The minimum absolute atomic E-state index is 1.08. The topological polar surface area (TPSA) is 28.7 Å². The molecule has 0 aliphatic heterocycles. The van der Waals surface area contributed by atoms with Crippen molar-refractivity contribution in [2.45, 2.75) is 58.3 Å². The highest BCUT2D eigenvalue weighted by Crippen LogP contribution is 2.27. The Balaban J connectivity index is 1.64. The summed E-state index contributed by atoms with van der Waals surface area (Å²) in [5, 5.41) is 2.62. The number of nitrogens with one attached hydrogen (secondary N) is 1. The molecule has 1 aromatic carbocycles. The van der Waals surface area contributed by atoms with Gasteiger partial charge in [0.2, 0.25) is 0 Å². The number of rotatable bonds is 8. The van der Waals surface area contributed by atoms with E-state index in [9.17, 15) is 0 Å². The minimum atomic E-state index is 1.08. The van der Waals surface area contributed by atoms with Crippen molar-refractivity contribution >= 4 is 21.8 Å². The smallest absolute Gasteiger partial charge is 0.0684 e. The normalized spacial score (nSPS) is 11.5. The van der Waals surface area contributed by atoms with Crippen LogP contribution >= 0.6 is 0 Å². The van der Waals surface area contributed by atoms with E-state index in [0.29, 0.717) is 0 Å². The summed E-state index contributed by atoms with van der Waals surface area (Å²) in [5.41, 5.74) is 3.67. The molecule has 0 aliphatic carbocycles. The van der Waals surface area contributed by atoms with E-state index < -0.39 is 0 Å². The fourth-order valence-corrected chi connectivity index (χ4v) is 3.27. The third-order valence-electron chi connectivity index (χ3n) is 4.52. The molecule has 0 spiro atoms. The highest BCUT2D eigenvalue weighted by Gasteiger charge is 2.08. The van der Waals surface area contributed by atoms with Crippen LogP contribution < -0.4 is 0 Å². The number of para-hydroxylation sites is 1. The van der Waals surface area contributed by atoms with Gasteiger partial charge in [-0.15, -0.1) is 0 Å². The van der Waals surface area contributed by atoms with E-state index in [1.807, 2.05) is 6.20 Å². The zero-order valence-corrected chi connectivity index (χ0v) is 13.6. The van der Waals surface area contributed by atoms with Crippen molar-refractivity contribution in [2.24, 2.45) is 0 Å². The first-order valence-corrected chi connectivity index (χ1v) is 8.74. The maximum Gasteiger partial charge on any atom is 0.0684 e. The summed E-state index contributed by atoms with van der Waals surface area (Å²) in [5.74, 6) is 0. The SMILES string of the molecule is CCCCCCCCCc1nccc2c1[nH]c1ccccc12. The lowest BCUT2D eigenvalue weighted by molar-refractivity contribution is 0.588.